The van der Waals surface area contributed by atoms with Crippen molar-refractivity contribution in [3.63, 3.8) is 0 Å². The van der Waals surface area contributed by atoms with Gasteiger partial charge in [0.15, 0.2) is 6.10 Å². The van der Waals surface area contributed by atoms with Gasteiger partial charge in [0.05, 0.1) is 27.7 Å². The molecule has 0 aromatic heterocycles. The van der Waals surface area contributed by atoms with Crippen LogP contribution in [0.5, 0.6) is 0 Å². The highest BCUT2D eigenvalue weighted by Crippen LogP contribution is 2.43. The molecule has 0 aliphatic heterocycles. The fraction of sp³-hybridized carbons (Fsp3) is 0.645. The summed E-state index contributed by atoms with van der Waals surface area (Å²) in [5.74, 6) is -0.841. The Morgan fingerprint density at radius 2 is 0.750 bits per heavy atom. The smallest absolute Gasteiger partial charge is 0.462 e. The number of esters is 2. The van der Waals surface area contributed by atoms with E-state index in [0.29, 0.717) is 23.9 Å². The number of unbranched alkanes of at least 4 members (excludes halogenated alkanes) is 16. The zero-order valence-corrected chi connectivity index (χ0v) is 47.3. The Kier molecular flexibility index (Phi) is 49.7. The third kappa shape index (κ3) is 55.7. The van der Waals surface area contributed by atoms with Crippen LogP contribution in [-0.2, 0) is 32.7 Å². The SMILES string of the molecule is CC/C=C\C/C=C\C/C=C\C/C=C\C/C=C\C/C=C\C/C=C\CCCCCCCCCCCCCCCC(=O)OC(COC(=O)CCCCC/C=C\C/C=C\C/C=C\CC)COP(=O)(O)OCC[N+](C)(C)C. The molecule has 0 aromatic carbocycles. The quantitative estimate of drug-likeness (QED) is 0.0211. The molecule has 0 bridgehead atoms. The van der Waals surface area contributed by atoms with Gasteiger partial charge in [0.1, 0.15) is 19.8 Å². The Labute approximate surface area is 441 Å². The van der Waals surface area contributed by atoms with Gasteiger partial charge in [0.2, 0.25) is 0 Å². The van der Waals surface area contributed by atoms with Crippen molar-refractivity contribution in [2.45, 2.75) is 213 Å². The van der Waals surface area contributed by atoms with Gasteiger partial charge in [-0.1, -0.05) is 212 Å². The maximum atomic E-state index is 12.8. The number of phosphoric ester groups is 1. The molecular formula is C62H105NO8P+. The lowest BCUT2D eigenvalue weighted by molar-refractivity contribution is -0.870. The third-order valence-corrected chi connectivity index (χ3v) is 12.5. The number of ether oxygens (including phenoxy) is 2. The predicted molar refractivity (Wildman–Crippen MR) is 307 cm³/mol. The molecule has 0 aromatic rings. The van der Waals surface area contributed by atoms with Crippen molar-refractivity contribution >= 4 is 19.8 Å². The van der Waals surface area contributed by atoms with E-state index in [1.54, 1.807) is 0 Å². The van der Waals surface area contributed by atoms with E-state index in [1.165, 1.54) is 64.2 Å². The van der Waals surface area contributed by atoms with E-state index in [1.807, 2.05) is 21.1 Å². The molecule has 0 fully saturated rings. The van der Waals surface area contributed by atoms with Gasteiger partial charge >= 0.3 is 19.8 Å². The number of carbonyl (C=O) groups excluding carboxylic acids is 2. The van der Waals surface area contributed by atoms with Crippen LogP contribution < -0.4 is 0 Å². The first kappa shape index (κ1) is 68.4. The zero-order chi connectivity index (χ0) is 52.7. The molecule has 9 nitrogen and oxygen atoms in total. The number of phosphoric acid groups is 1. The Balaban J connectivity index is 4.10. The third-order valence-electron chi connectivity index (χ3n) is 11.5. The minimum absolute atomic E-state index is 0.0211. The average Bonchev–Trinajstić information content (AvgIpc) is 3.34. The largest absolute Gasteiger partial charge is 0.472 e. The van der Waals surface area contributed by atoms with E-state index in [-0.39, 0.29) is 26.1 Å². The van der Waals surface area contributed by atoms with Crippen LogP contribution in [0.3, 0.4) is 0 Å². The first-order chi connectivity index (χ1) is 35.0. The number of rotatable bonds is 50. The van der Waals surface area contributed by atoms with Crippen LogP contribution in [-0.4, -0.2) is 74.9 Å². The summed E-state index contributed by atoms with van der Waals surface area (Å²) in [6.45, 7) is 4.15. The average molecular weight is 1020 g/mol. The number of likely N-dealkylation sites (N-methyl/N-ethyl adjacent to an activating group) is 1. The van der Waals surface area contributed by atoms with Crippen LogP contribution in [0.1, 0.15) is 206 Å². The molecule has 0 saturated carbocycles. The molecule has 0 heterocycles. The molecular weight excluding hydrogens is 918 g/mol. The molecule has 1 N–H and O–H groups in total. The molecule has 410 valence electrons. The highest BCUT2D eigenvalue weighted by Gasteiger charge is 2.27. The summed E-state index contributed by atoms with van der Waals surface area (Å²) >= 11 is 0. The van der Waals surface area contributed by atoms with Gasteiger partial charge in [-0.2, -0.15) is 0 Å². The standard InChI is InChI=1S/C62H104NO8P/c1-6-8-10-12-14-16-18-20-21-22-23-24-25-26-27-28-29-30-31-32-33-34-35-36-37-38-39-40-41-43-45-47-49-51-53-55-62(65)71-60(59-70-72(66,67)69-57-56-63(3,4)5)58-68-61(64)54-52-50-48-46-44-42-19-17-15-13-11-9-7-2/h8-11,14-17,20-21,23-24,26-27,29-30,32-33,42,44,60H,6-7,12-13,18-19,22,25,28,31,34-41,43,45-59H2,1-5H3/p+1/b10-8-,11-9-,16-14-,17-15-,21-20-,24-23-,27-26-,30-29-,33-32-,44-42-. The number of nitrogens with zero attached hydrogens (tertiary/aromatic N) is 1. The van der Waals surface area contributed by atoms with Gasteiger partial charge < -0.3 is 18.9 Å². The number of carbonyl (C=O) groups is 2. The van der Waals surface area contributed by atoms with E-state index in [2.05, 4.69) is 135 Å². The van der Waals surface area contributed by atoms with E-state index in [0.717, 1.165) is 103 Å². The summed E-state index contributed by atoms with van der Waals surface area (Å²) in [4.78, 5) is 35.6. The summed E-state index contributed by atoms with van der Waals surface area (Å²) < 4.78 is 34.4. The second-order valence-electron chi connectivity index (χ2n) is 19.6. The minimum atomic E-state index is -4.40. The molecule has 0 aliphatic rings. The maximum absolute atomic E-state index is 12.8. The van der Waals surface area contributed by atoms with Crippen LogP contribution in [0, 0.1) is 0 Å². The highest BCUT2D eigenvalue weighted by atomic mass is 31.2. The minimum Gasteiger partial charge on any atom is -0.462 e. The summed E-state index contributed by atoms with van der Waals surface area (Å²) in [7, 11) is 1.44. The molecule has 2 atom stereocenters. The van der Waals surface area contributed by atoms with Gasteiger partial charge in [-0.05, 0) is 103 Å². The van der Waals surface area contributed by atoms with E-state index in [4.69, 9.17) is 18.5 Å². The Hall–Kier alpha value is -3.59. The molecule has 0 amide bonds. The van der Waals surface area contributed by atoms with Crippen molar-refractivity contribution in [2.24, 2.45) is 0 Å². The second kappa shape index (κ2) is 52.3. The fourth-order valence-electron chi connectivity index (χ4n) is 7.19. The molecule has 0 saturated heterocycles. The van der Waals surface area contributed by atoms with Gasteiger partial charge in [0, 0.05) is 12.8 Å². The normalized spacial score (nSPS) is 14.2. The molecule has 0 radical (unpaired) electrons. The van der Waals surface area contributed by atoms with Crippen molar-refractivity contribution in [1.29, 1.82) is 0 Å². The van der Waals surface area contributed by atoms with Crippen molar-refractivity contribution in [1.82, 2.24) is 0 Å². The number of allylic oxidation sites excluding steroid dienone is 20. The topological polar surface area (TPSA) is 108 Å². The van der Waals surface area contributed by atoms with E-state index < -0.39 is 32.5 Å². The highest BCUT2D eigenvalue weighted by molar-refractivity contribution is 7.47. The van der Waals surface area contributed by atoms with E-state index in [9.17, 15) is 19.0 Å². The number of hydrogen-bond acceptors (Lipinski definition) is 7. The number of quaternary nitrogens is 1. The summed E-state index contributed by atoms with van der Waals surface area (Å²) in [6, 6.07) is 0. The lowest BCUT2D eigenvalue weighted by Crippen LogP contribution is -2.37. The van der Waals surface area contributed by atoms with Gasteiger partial charge in [-0.25, -0.2) is 4.57 Å². The predicted octanol–water partition coefficient (Wildman–Crippen LogP) is 17.6. The zero-order valence-electron chi connectivity index (χ0n) is 46.4. The van der Waals surface area contributed by atoms with Crippen LogP contribution >= 0.6 is 7.82 Å². The van der Waals surface area contributed by atoms with Crippen molar-refractivity contribution < 1.29 is 42.1 Å². The van der Waals surface area contributed by atoms with Gasteiger partial charge in [-0.15, -0.1) is 0 Å². The summed E-state index contributed by atoms with van der Waals surface area (Å²) in [6.07, 6.45) is 74.2. The fourth-order valence-corrected chi connectivity index (χ4v) is 7.93. The maximum Gasteiger partial charge on any atom is 0.472 e. The van der Waals surface area contributed by atoms with Crippen molar-refractivity contribution in [2.75, 3.05) is 47.5 Å². The first-order valence-electron chi connectivity index (χ1n) is 28.3. The molecule has 10 heteroatoms. The monoisotopic (exact) mass is 1020 g/mol. The molecule has 0 spiro atoms. The second-order valence-corrected chi connectivity index (χ2v) is 21.0. The van der Waals surface area contributed by atoms with Crippen LogP contribution in [0.2, 0.25) is 0 Å². The Morgan fingerprint density at radius 1 is 0.431 bits per heavy atom. The van der Waals surface area contributed by atoms with Crippen molar-refractivity contribution in [3.05, 3.63) is 122 Å². The molecule has 2 unspecified atom stereocenters. The molecule has 0 rings (SSSR count). The lowest BCUT2D eigenvalue weighted by Gasteiger charge is -2.24. The van der Waals surface area contributed by atoms with Crippen LogP contribution in [0.15, 0.2) is 122 Å². The molecule has 0 aliphatic carbocycles. The first-order valence-corrected chi connectivity index (χ1v) is 29.8. The Morgan fingerprint density at radius 3 is 1.12 bits per heavy atom. The van der Waals surface area contributed by atoms with Gasteiger partial charge in [0.25, 0.3) is 0 Å². The summed E-state index contributed by atoms with van der Waals surface area (Å²) in [5, 5.41) is 0. The van der Waals surface area contributed by atoms with Crippen LogP contribution in [0.25, 0.3) is 0 Å². The van der Waals surface area contributed by atoms with Crippen LogP contribution in [0.4, 0.5) is 0 Å². The van der Waals surface area contributed by atoms with Crippen molar-refractivity contribution in [3.8, 4) is 0 Å². The lowest BCUT2D eigenvalue weighted by atomic mass is 10.0. The van der Waals surface area contributed by atoms with E-state index >= 15 is 0 Å². The Bertz CT molecular complexity index is 1630. The molecule has 72 heavy (non-hydrogen) atoms. The van der Waals surface area contributed by atoms with Gasteiger partial charge in [-0.3, -0.25) is 18.6 Å². The summed E-state index contributed by atoms with van der Waals surface area (Å²) in [5.41, 5.74) is 0. The number of hydrogen-bond donors (Lipinski definition) is 1.